The van der Waals surface area contributed by atoms with Gasteiger partial charge in [-0.2, -0.15) is 0 Å². The van der Waals surface area contributed by atoms with Crippen molar-refractivity contribution in [2.24, 2.45) is 5.92 Å². The van der Waals surface area contributed by atoms with E-state index >= 15 is 0 Å². The molecular formula is C11H11ClFNO. The first-order valence-corrected chi connectivity index (χ1v) is 5.27. The number of nitrogens with one attached hydrogen (secondary N) is 1. The van der Waals surface area contributed by atoms with Crippen LogP contribution in [0.5, 0.6) is 0 Å². The number of carbonyl (C=O) groups is 1. The standard InChI is InChI=1S/C11H11ClFNO/c12-9-3-1-2-7(10(9)13)6-8-4-5-14-11(8)15/h1-3,8H,4-6H2,(H,14,15). The Morgan fingerprint density at radius 1 is 1.53 bits per heavy atom. The molecule has 80 valence electrons. The summed E-state index contributed by atoms with van der Waals surface area (Å²) in [5.74, 6) is -0.508. The van der Waals surface area contributed by atoms with Crippen LogP contribution in [0.25, 0.3) is 0 Å². The van der Waals surface area contributed by atoms with Crippen molar-refractivity contribution in [3.05, 3.63) is 34.6 Å². The van der Waals surface area contributed by atoms with Crippen LogP contribution in [0, 0.1) is 11.7 Å². The van der Waals surface area contributed by atoms with E-state index in [1.165, 1.54) is 6.07 Å². The van der Waals surface area contributed by atoms with Gasteiger partial charge in [-0.3, -0.25) is 4.79 Å². The van der Waals surface area contributed by atoms with Crippen LogP contribution in [0.3, 0.4) is 0 Å². The molecule has 1 aromatic rings. The van der Waals surface area contributed by atoms with E-state index in [0.717, 1.165) is 6.42 Å². The Labute approximate surface area is 92.4 Å². The van der Waals surface area contributed by atoms with Gasteiger partial charge in [0.15, 0.2) is 0 Å². The minimum atomic E-state index is -0.404. The van der Waals surface area contributed by atoms with E-state index in [0.29, 0.717) is 18.5 Å². The van der Waals surface area contributed by atoms with E-state index in [1.807, 2.05) is 0 Å². The minimum absolute atomic E-state index is 0.00868. The molecule has 0 bridgehead atoms. The molecule has 1 N–H and O–H groups in total. The smallest absolute Gasteiger partial charge is 0.223 e. The largest absolute Gasteiger partial charge is 0.356 e. The van der Waals surface area contributed by atoms with Gasteiger partial charge in [0, 0.05) is 12.5 Å². The normalized spacial score (nSPS) is 20.4. The molecule has 0 aliphatic carbocycles. The monoisotopic (exact) mass is 227 g/mol. The average molecular weight is 228 g/mol. The molecule has 1 aliphatic rings. The van der Waals surface area contributed by atoms with E-state index in [4.69, 9.17) is 11.6 Å². The third kappa shape index (κ3) is 2.12. The minimum Gasteiger partial charge on any atom is -0.356 e. The number of amides is 1. The van der Waals surface area contributed by atoms with Gasteiger partial charge in [-0.25, -0.2) is 4.39 Å². The SMILES string of the molecule is O=C1NCCC1Cc1cccc(Cl)c1F. The van der Waals surface area contributed by atoms with Crippen LogP contribution in [0.4, 0.5) is 4.39 Å². The summed E-state index contributed by atoms with van der Waals surface area (Å²) in [6.07, 6.45) is 1.20. The zero-order valence-corrected chi connectivity index (χ0v) is 8.85. The molecule has 4 heteroatoms. The molecule has 0 spiro atoms. The van der Waals surface area contributed by atoms with Crippen molar-refractivity contribution in [2.75, 3.05) is 6.54 Å². The van der Waals surface area contributed by atoms with Gasteiger partial charge >= 0.3 is 0 Å². The van der Waals surface area contributed by atoms with Crippen molar-refractivity contribution in [1.82, 2.24) is 5.32 Å². The molecule has 1 atom stereocenters. The summed E-state index contributed by atoms with van der Waals surface area (Å²) in [5, 5.41) is 2.85. The van der Waals surface area contributed by atoms with Crippen molar-refractivity contribution < 1.29 is 9.18 Å². The molecule has 2 nitrogen and oxygen atoms in total. The van der Waals surface area contributed by atoms with E-state index in [-0.39, 0.29) is 16.8 Å². The lowest BCUT2D eigenvalue weighted by Crippen LogP contribution is -2.20. The Kier molecular flexibility index (Phi) is 2.91. The molecule has 2 rings (SSSR count). The summed E-state index contributed by atoms with van der Waals surface area (Å²) in [4.78, 5) is 11.3. The Morgan fingerprint density at radius 3 is 3.00 bits per heavy atom. The zero-order chi connectivity index (χ0) is 10.8. The highest BCUT2D eigenvalue weighted by atomic mass is 35.5. The maximum absolute atomic E-state index is 13.5. The summed E-state index contributed by atoms with van der Waals surface area (Å²) < 4.78 is 13.5. The average Bonchev–Trinajstić information content (AvgIpc) is 2.60. The lowest BCUT2D eigenvalue weighted by Gasteiger charge is -2.08. The van der Waals surface area contributed by atoms with Gasteiger partial charge in [0.1, 0.15) is 5.82 Å². The summed E-state index contributed by atoms with van der Waals surface area (Å²) in [5.41, 5.74) is 0.518. The fraction of sp³-hybridized carbons (Fsp3) is 0.364. The third-order valence-electron chi connectivity index (χ3n) is 2.66. The molecule has 1 aromatic carbocycles. The van der Waals surface area contributed by atoms with Crippen molar-refractivity contribution in [3.8, 4) is 0 Å². The first kappa shape index (κ1) is 10.4. The van der Waals surface area contributed by atoms with Gasteiger partial charge in [0.2, 0.25) is 5.91 Å². The highest BCUT2D eigenvalue weighted by Crippen LogP contribution is 2.22. The molecule has 0 saturated carbocycles. The fourth-order valence-electron chi connectivity index (χ4n) is 1.81. The molecule has 1 saturated heterocycles. The Balaban J connectivity index is 2.17. The third-order valence-corrected chi connectivity index (χ3v) is 2.95. The number of halogens is 2. The number of rotatable bonds is 2. The van der Waals surface area contributed by atoms with Gasteiger partial charge in [-0.15, -0.1) is 0 Å². The Morgan fingerprint density at radius 2 is 2.33 bits per heavy atom. The molecule has 1 heterocycles. The molecule has 1 aliphatic heterocycles. The number of hydrogen-bond acceptors (Lipinski definition) is 1. The molecule has 1 fully saturated rings. The van der Waals surface area contributed by atoms with Crippen LogP contribution in [-0.2, 0) is 11.2 Å². The maximum Gasteiger partial charge on any atom is 0.223 e. The second kappa shape index (κ2) is 4.19. The van der Waals surface area contributed by atoms with Crippen LogP contribution in [0.2, 0.25) is 5.02 Å². The van der Waals surface area contributed by atoms with Gasteiger partial charge in [0.05, 0.1) is 5.02 Å². The van der Waals surface area contributed by atoms with Crippen molar-refractivity contribution in [2.45, 2.75) is 12.8 Å². The Bertz CT molecular complexity index is 394. The summed E-state index contributed by atoms with van der Waals surface area (Å²) in [7, 11) is 0. The fourth-order valence-corrected chi connectivity index (χ4v) is 2.01. The van der Waals surface area contributed by atoms with Crippen molar-refractivity contribution in [3.63, 3.8) is 0 Å². The van der Waals surface area contributed by atoms with Gasteiger partial charge in [-0.05, 0) is 24.5 Å². The predicted octanol–water partition coefficient (Wildman–Crippen LogP) is 2.16. The van der Waals surface area contributed by atoms with Crippen LogP contribution >= 0.6 is 11.6 Å². The first-order valence-electron chi connectivity index (χ1n) is 4.89. The molecular weight excluding hydrogens is 217 g/mol. The van der Waals surface area contributed by atoms with E-state index in [2.05, 4.69) is 5.32 Å². The van der Waals surface area contributed by atoms with Crippen molar-refractivity contribution >= 4 is 17.5 Å². The second-order valence-corrected chi connectivity index (χ2v) is 4.10. The molecule has 0 aromatic heterocycles. The summed E-state index contributed by atoms with van der Waals surface area (Å²) in [6.45, 7) is 0.686. The summed E-state index contributed by atoms with van der Waals surface area (Å²) >= 11 is 5.66. The number of carbonyl (C=O) groups excluding carboxylic acids is 1. The van der Waals surface area contributed by atoms with Crippen LogP contribution in [-0.4, -0.2) is 12.5 Å². The van der Waals surface area contributed by atoms with Crippen molar-refractivity contribution in [1.29, 1.82) is 0 Å². The van der Waals surface area contributed by atoms with E-state index < -0.39 is 5.82 Å². The zero-order valence-electron chi connectivity index (χ0n) is 8.09. The lowest BCUT2D eigenvalue weighted by atomic mass is 9.98. The first-order chi connectivity index (χ1) is 7.18. The van der Waals surface area contributed by atoms with E-state index in [1.54, 1.807) is 12.1 Å². The molecule has 15 heavy (non-hydrogen) atoms. The lowest BCUT2D eigenvalue weighted by molar-refractivity contribution is -0.122. The number of hydrogen-bond donors (Lipinski definition) is 1. The Hall–Kier alpha value is -1.09. The topological polar surface area (TPSA) is 29.1 Å². The van der Waals surface area contributed by atoms with Gasteiger partial charge in [0.25, 0.3) is 0 Å². The maximum atomic E-state index is 13.5. The van der Waals surface area contributed by atoms with Gasteiger partial charge < -0.3 is 5.32 Å². The number of benzene rings is 1. The highest BCUT2D eigenvalue weighted by Gasteiger charge is 2.25. The summed E-state index contributed by atoms with van der Waals surface area (Å²) in [6, 6.07) is 4.88. The van der Waals surface area contributed by atoms with Crippen LogP contribution < -0.4 is 5.32 Å². The quantitative estimate of drug-likeness (QED) is 0.824. The highest BCUT2D eigenvalue weighted by molar-refractivity contribution is 6.30. The van der Waals surface area contributed by atoms with Gasteiger partial charge in [-0.1, -0.05) is 23.7 Å². The van der Waals surface area contributed by atoms with E-state index in [9.17, 15) is 9.18 Å². The van der Waals surface area contributed by atoms with Crippen LogP contribution in [0.15, 0.2) is 18.2 Å². The molecule has 1 amide bonds. The predicted molar refractivity (Wildman–Crippen MR) is 56.2 cm³/mol. The second-order valence-electron chi connectivity index (χ2n) is 3.69. The molecule has 0 radical (unpaired) electrons. The molecule has 1 unspecified atom stereocenters. The van der Waals surface area contributed by atoms with Crippen LogP contribution in [0.1, 0.15) is 12.0 Å².